The highest BCUT2D eigenvalue weighted by Gasteiger charge is 1.98. The predicted molar refractivity (Wildman–Crippen MR) is 59.0 cm³/mol. The third-order valence-corrected chi connectivity index (χ3v) is 2.06. The van der Waals surface area contributed by atoms with Gasteiger partial charge in [0.05, 0.1) is 0 Å². The molecule has 1 rings (SSSR count). The fraction of sp³-hybridized carbons (Fsp3) is 0.125. The van der Waals surface area contributed by atoms with Crippen LogP contribution in [0.15, 0.2) is 23.1 Å². The maximum atomic E-state index is 10.4. The molecule has 0 amide bonds. The van der Waals surface area contributed by atoms with Crippen LogP contribution in [-0.4, -0.2) is 24.4 Å². The molecule has 7 heteroatoms. The lowest BCUT2D eigenvalue weighted by molar-refractivity contribution is -0.132. The van der Waals surface area contributed by atoms with Crippen LogP contribution in [0.1, 0.15) is 11.8 Å². The van der Waals surface area contributed by atoms with Gasteiger partial charge >= 0.3 is 5.97 Å². The maximum absolute atomic E-state index is 10.4. The van der Waals surface area contributed by atoms with E-state index in [9.17, 15) is 4.79 Å². The third kappa shape index (κ3) is 8.01. The number of rotatable bonds is 2. The van der Waals surface area contributed by atoms with Gasteiger partial charge in [-0.3, -0.25) is 9.11 Å². The standard InChI is InChI=1S/C8H8O2S.H2O3S/c1-6(8(9)10)5-7-3-2-4-11-7;1-4(2)3/h2-5H,1H3,(H,9,10);(H2,1,2,3). The zero-order valence-electron chi connectivity index (χ0n) is 7.78. The Morgan fingerprint density at radius 1 is 1.53 bits per heavy atom. The molecule has 0 spiro atoms. The number of carboxylic acid groups (broad SMARTS) is 1. The van der Waals surface area contributed by atoms with E-state index in [4.69, 9.17) is 18.4 Å². The second-order valence-electron chi connectivity index (χ2n) is 2.38. The van der Waals surface area contributed by atoms with Crippen molar-refractivity contribution in [1.82, 2.24) is 0 Å². The average molecular weight is 250 g/mol. The molecule has 84 valence electrons. The fourth-order valence-corrected chi connectivity index (χ4v) is 1.36. The van der Waals surface area contributed by atoms with Crippen molar-refractivity contribution in [2.45, 2.75) is 6.92 Å². The molecule has 0 aromatic carbocycles. The van der Waals surface area contributed by atoms with E-state index in [1.54, 1.807) is 13.0 Å². The first-order chi connectivity index (χ1) is 6.93. The highest BCUT2D eigenvalue weighted by Crippen LogP contribution is 2.12. The molecule has 0 aliphatic heterocycles. The number of aliphatic carboxylic acids is 1. The minimum atomic E-state index is -2.61. The van der Waals surface area contributed by atoms with E-state index in [1.165, 1.54) is 11.3 Å². The molecule has 15 heavy (non-hydrogen) atoms. The fourth-order valence-electron chi connectivity index (χ4n) is 0.649. The summed E-state index contributed by atoms with van der Waals surface area (Å²) in [5.74, 6) is -0.863. The molecular formula is C8H10O5S2. The molecule has 0 radical (unpaired) electrons. The van der Waals surface area contributed by atoms with Crippen LogP contribution in [0, 0.1) is 0 Å². The molecular weight excluding hydrogens is 240 g/mol. The van der Waals surface area contributed by atoms with Crippen LogP contribution in [0.2, 0.25) is 0 Å². The molecule has 0 saturated heterocycles. The summed E-state index contributed by atoms with van der Waals surface area (Å²) in [6, 6.07) is 3.78. The first-order valence-electron chi connectivity index (χ1n) is 3.68. The van der Waals surface area contributed by atoms with Gasteiger partial charge in [-0.05, 0) is 24.4 Å². The van der Waals surface area contributed by atoms with Gasteiger partial charge < -0.3 is 5.11 Å². The van der Waals surface area contributed by atoms with Crippen molar-refractivity contribution < 1.29 is 23.2 Å². The van der Waals surface area contributed by atoms with Crippen molar-refractivity contribution in [2.24, 2.45) is 0 Å². The van der Waals surface area contributed by atoms with Crippen molar-refractivity contribution in [1.29, 1.82) is 0 Å². The van der Waals surface area contributed by atoms with E-state index in [1.807, 2.05) is 17.5 Å². The van der Waals surface area contributed by atoms with E-state index < -0.39 is 17.3 Å². The van der Waals surface area contributed by atoms with Crippen molar-refractivity contribution >= 4 is 34.7 Å². The van der Waals surface area contributed by atoms with Crippen LogP contribution in [0.3, 0.4) is 0 Å². The minimum Gasteiger partial charge on any atom is -0.478 e. The van der Waals surface area contributed by atoms with Gasteiger partial charge in [0.2, 0.25) is 0 Å². The quantitative estimate of drug-likeness (QED) is 0.550. The molecule has 0 atom stereocenters. The lowest BCUT2D eigenvalue weighted by Gasteiger charge is -1.89. The van der Waals surface area contributed by atoms with Gasteiger partial charge in [-0.2, -0.15) is 4.21 Å². The number of carboxylic acids is 1. The molecule has 0 aliphatic carbocycles. The molecule has 0 bridgehead atoms. The van der Waals surface area contributed by atoms with Gasteiger partial charge in [0.1, 0.15) is 0 Å². The highest BCUT2D eigenvalue weighted by molar-refractivity contribution is 7.73. The summed E-state index contributed by atoms with van der Waals surface area (Å²) in [6.07, 6.45) is 1.66. The Balaban J connectivity index is 0.000000423. The smallest absolute Gasteiger partial charge is 0.331 e. The number of hydrogen-bond acceptors (Lipinski definition) is 3. The van der Waals surface area contributed by atoms with E-state index in [0.29, 0.717) is 5.57 Å². The average Bonchev–Trinajstić information content (AvgIpc) is 2.55. The summed E-state index contributed by atoms with van der Waals surface area (Å²) in [5, 5.41) is 10.4. The Kier molecular flexibility index (Phi) is 6.80. The van der Waals surface area contributed by atoms with Gasteiger partial charge in [-0.15, -0.1) is 11.3 Å². The highest BCUT2D eigenvalue weighted by atomic mass is 32.2. The van der Waals surface area contributed by atoms with Crippen LogP contribution in [0.5, 0.6) is 0 Å². The number of thiophene rings is 1. The zero-order valence-corrected chi connectivity index (χ0v) is 9.42. The summed E-state index contributed by atoms with van der Waals surface area (Å²) in [5.41, 5.74) is 0.368. The van der Waals surface area contributed by atoms with Gasteiger partial charge in [-0.25, -0.2) is 4.79 Å². The second-order valence-corrected chi connectivity index (χ2v) is 3.82. The first-order valence-corrected chi connectivity index (χ1v) is 5.63. The zero-order chi connectivity index (χ0) is 11.8. The Labute approximate surface area is 93.2 Å². The molecule has 0 aliphatic rings. The maximum Gasteiger partial charge on any atom is 0.331 e. The van der Waals surface area contributed by atoms with Crippen LogP contribution in [0.25, 0.3) is 6.08 Å². The minimum absolute atomic E-state index is 0.368. The molecule has 0 fully saturated rings. The molecule has 1 aromatic heterocycles. The molecule has 5 nitrogen and oxygen atoms in total. The lowest BCUT2D eigenvalue weighted by atomic mass is 10.2. The van der Waals surface area contributed by atoms with Crippen molar-refractivity contribution in [2.75, 3.05) is 0 Å². The van der Waals surface area contributed by atoms with Gasteiger partial charge in [0, 0.05) is 10.5 Å². The van der Waals surface area contributed by atoms with Crippen molar-refractivity contribution in [3.63, 3.8) is 0 Å². The number of carbonyl (C=O) groups is 1. The predicted octanol–water partition coefficient (Wildman–Crippen LogP) is 1.92. The Bertz CT molecular complexity index is 351. The largest absolute Gasteiger partial charge is 0.478 e. The second kappa shape index (κ2) is 7.30. The Hall–Kier alpha value is -1.02. The van der Waals surface area contributed by atoms with Gasteiger partial charge in [0.25, 0.3) is 11.4 Å². The molecule has 3 N–H and O–H groups in total. The summed E-state index contributed by atoms with van der Waals surface area (Å²) in [4.78, 5) is 11.3. The van der Waals surface area contributed by atoms with Crippen LogP contribution >= 0.6 is 11.3 Å². The normalized spacial score (nSPS) is 10.8. The SMILES string of the molecule is CC(=Cc1cccs1)C(=O)O.O=S(O)O. The monoisotopic (exact) mass is 250 g/mol. The van der Waals surface area contributed by atoms with Crippen molar-refractivity contribution in [3.05, 3.63) is 28.0 Å². The van der Waals surface area contributed by atoms with Crippen molar-refractivity contribution in [3.8, 4) is 0 Å². The van der Waals surface area contributed by atoms with E-state index in [-0.39, 0.29) is 0 Å². The third-order valence-electron chi connectivity index (χ3n) is 1.24. The Morgan fingerprint density at radius 3 is 2.40 bits per heavy atom. The lowest BCUT2D eigenvalue weighted by Crippen LogP contribution is -1.94. The first kappa shape index (κ1) is 14.0. The molecule has 1 heterocycles. The summed E-state index contributed by atoms with van der Waals surface area (Å²) >= 11 is -1.08. The number of hydrogen-bond donors (Lipinski definition) is 3. The molecule has 0 saturated carbocycles. The van der Waals surface area contributed by atoms with E-state index >= 15 is 0 Å². The molecule has 0 unspecified atom stereocenters. The van der Waals surface area contributed by atoms with Crippen LogP contribution < -0.4 is 0 Å². The van der Waals surface area contributed by atoms with E-state index in [2.05, 4.69) is 0 Å². The van der Waals surface area contributed by atoms with Gasteiger partial charge in [0.15, 0.2) is 0 Å². The summed E-state index contributed by atoms with van der Waals surface area (Å²) < 4.78 is 22.8. The topological polar surface area (TPSA) is 94.8 Å². The summed E-state index contributed by atoms with van der Waals surface area (Å²) in [7, 11) is 0. The summed E-state index contributed by atoms with van der Waals surface area (Å²) in [6.45, 7) is 1.59. The van der Waals surface area contributed by atoms with E-state index in [0.717, 1.165) is 4.88 Å². The Morgan fingerprint density at radius 2 is 2.07 bits per heavy atom. The van der Waals surface area contributed by atoms with Gasteiger partial charge in [-0.1, -0.05) is 6.07 Å². The molecule has 1 aromatic rings. The van der Waals surface area contributed by atoms with Crippen LogP contribution in [-0.2, 0) is 16.2 Å². The van der Waals surface area contributed by atoms with Crippen LogP contribution in [0.4, 0.5) is 0 Å².